The van der Waals surface area contributed by atoms with E-state index in [0.717, 1.165) is 42.4 Å². The van der Waals surface area contributed by atoms with Gasteiger partial charge in [-0.25, -0.2) is 0 Å². The van der Waals surface area contributed by atoms with Gasteiger partial charge in [-0.3, -0.25) is 4.79 Å². The van der Waals surface area contributed by atoms with Gasteiger partial charge in [-0.15, -0.1) is 0 Å². The number of carbonyl (C=O) groups excluding carboxylic acids is 1. The van der Waals surface area contributed by atoms with Crippen LogP contribution in [0.25, 0.3) is 10.9 Å². The Bertz CT molecular complexity index is 941. The van der Waals surface area contributed by atoms with Crippen molar-refractivity contribution in [2.75, 3.05) is 20.6 Å². The molecule has 1 N–H and O–H groups in total. The molecule has 4 heteroatoms. The van der Waals surface area contributed by atoms with E-state index >= 15 is 0 Å². The lowest BCUT2D eigenvalue weighted by Gasteiger charge is -2.13. The predicted octanol–water partition coefficient (Wildman–Crippen LogP) is 3.62. The van der Waals surface area contributed by atoms with Gasteiger partial charge in [-0.1, -0.05) is 42.5 Å². The molecule has 134 valence electrons. The van der Waals surface area contributed by atoms with Crippen LogP contribution in [0.2, 0.25) is 0 Å². The maximum absolute atomic E-state index is 13.0. The lowest BCUT2D eigenvalue weighted by atomic mass is 10.1. The number of likely N-dealkylation sites (N-methyl/N-ethyl adjacent to an activating group) is 1. The van der Waals surface area contributed by atoms with Crippen molar-refractivity contribution < 1.29 is 4.79 Å². The number of carbonyl (C=O) groups is 1. The highest BCUT2D eigenvalue weighted by Crippen LogP contribution is 2.31. The van der Waals surface area contributed by atoms with Crippen molar-refractivity contribution >= 4 is 16.8 Å². The molecule has 0 fully saturated rings. The zero-order valence-corrected chi connectivity index (χ0v) is 15.4. The average molecular weight is 347 g/mol. The van der Waals surface area contributed by atoms with E-state index in [1.165, 1.54) is 11.1 Å². The van der Waals surface area contributed by atoms with Crippen molar-refractivity contribution in [3.05, 3.63) is 71.4 Å². The van der Waals surface area contributed by atoms with Crippen molar-refractivity contribution in [3.63, 3.8) is 0 Å². The molecule has 3 aromatic rings. The smallest absolute Gasteiger partial charge is 0.253 e. The number of para-hydroxylation sites is 1. The molecule has 1 aliphatic rings. The maximum atomic E-state index is 13.0. The first kappa shape index (κ1) is 16.9. The van der Waals surface area contributed by atoms with Gasteiger partial charge in [0.1, 0.15) is 0 Å². The molecule has 1 aromatic heterocycles. The van der Waals surface area contributed by atoms with E-state index in [9.17, 15) is 4.79 Å². The van der Waals surface area contributed by atoms with Crippen LogP contribution in [0.1, 0.15) is 33.9 Å². The topological polar surface area (TPSA) is 37.3 Å². The molecule has 1 aliphatic carbocycles. The summed E-state index contributed by atoms with van der Waals surface area (Å²) in [5.74, 6) is 0.0199. The molecule has 0 aliphatic heterocycles. The maximum Gasteiger partial charge on any atom is 0.253 e. The highest BCUT2D eigenvalue weighted by molar-refractivity contribution is 6.07. The van der Waals surface area contributed by atoms with E-state index in [1.807, 2.05) is 24.4 Å². The minimum Gasteiger partial charge on any atom is -0.345 e. The molecule has 0 unspecified atom stereocenters. The van der Waals surface area contributed by atoms with Gasteiger partial charge >= 0.3 is 0 Å². The number of hydrogen-bond donors (Lipinski definition) is 1. The summed E-state index contributed by atoms with van der Waals surface area (Å²) in [4.78, 5) is 15.2. The Morgan fingerprint density at radius 1 is 1.15 bits per heavy atom. The summed E-state index contributed by atoms with van der Waals surface area (Å²) in [7, 11) is 4.13. The van der Waals surface area contributed by atoms with Crippen LogP contribution in [0.5, 0.6) is 0 Å². The second kappa shape index (κ2) is 6.96. The summed E-state index contributed by atoms with van der Waals surface area (Å²) < 4.78 is 2.19. The monoisotopic (exact) mass is 347 g/mol. The fourth-order valence-electron chi connectivity index (χ4n) is 3.86. The van der Waals surface area contributed by atoms with Crippen LogP contribution >= 0.6 is 0 Å². The molecule has 0 spiro atoms. The molecule has 2 aromatic carbocycles. The van der Waals surface area contributed by atoms with E-state index in [2.05, 4.69) is 59.2 Å². The van der Waals surface area contributed by atoms with Crippen LogP contribution in [-0.4, -0.2) is 36.0 Å². The van der Waals surface area contributed by atoms with E-state index < -0.39 is 0 Å². The van der Waals surface area contributed by atoms with Crippen LogP contribution < -0.4 is 5.32 Å². The van der Waals surface area contributed by atoms with Gasteiger partial charge in [0.25, 0.3) is 5.91 Å². The first-order chi connectivity index (χ1) is 12.6. The molecule has 26 heavy (non-hydrogen) atoms. The minimum absolute atomic E-state index is 0.0199. The lowest BCUT2D eigenvalue weighted by Crippen LogP contribution is -2.27. The molecule has 1 atom stereocenters. The number of hydrogen-bond acceptors (Lipinski definition) is 2. The summed E-state index contributed by atoms with van der Waals surface area (Å²) in [5, 5.41) is 4.28. The van der Waals surface area contributed by atoms with Crippen LogP contribution in [-0.2, 0) is 13.0 Å². The molecule has 1 amide bonds. The fraction of sp³-hybridized carbons (Fsp3) is 0.318. The zero-order chi connectivity index (χ0) is 18.1. The number of aromatic nitrogens is 1. The van der Waals surface area contributed by atoms with Crippen molar-refractivity contribution in [1.82, 2.24) is 14.8 Å². The number of aryl methyl sites for hydroxylation is 1. The normalized spacial score (nSPS) is 16.2. The van der Waals surface area contributed by atoms with Gasteiger partial charge in [-0.05, 0) is 44.1 Å². The first-order valence-electron chi connectivity index (χ1n) is 9.25. The number of amides is 1. The summed E-state index contributed by atoms with van der Waals surface area (Å²) in [6, 6.07) is 16.7. The van der Waals surface area contributed by atoms with Crippen molar-refractivity contribution in [3.8, 4) is 0 Å². The van der Waals surface area contributed by atoms with Crippen molar-refractivity contribution in [2.45, 2.75) is 25.4 Å². The number of fused-ring (bicyclic) bond motifs is 2. The predicted molar refractivity (Wildman–Crippen MR) is 105 cm³/mol. The second-order valence-corrected chi connectivity index (χ2v) is 7.32. The SMILES string of the molecule is CN(C)CCn1cc(C(=O)N[C@H]2CCc3ccccc32)c2ccccc21. The van der Waals surface area contributed by atoms with Crippen molar-refractivity contribution in [2.24, 2.45) is 0 Å². The van der Waals surface area contributed by atoms with E-state index in [0.29, 0.717) is 0 Å². The van der Waals surface area contributed by atoms with Crippen molar-refractivity contribution in [1.29, 1.82) is 0 Å². The Morgan fingerprint density at radius 3 is 2.77 bits per heavy atom. The lowest BCUT2D eigenvalue weighted by molar-refractivity contribution is 0.0938. The quantitative estimate of drug-likeness (QED) is 0.765. The zero-order valence-electron chi connectivity index (χ0n) is 15.4. The van der Waals surface area contributed by atoms with E-state index in [-0.39, 0.29) is 11.9 Å². The molecule has 0 radical (unpaired) electrons. The fourth-order valence-corrected chi connectivity index (χ4v) is 3.86. The summed E-state index contributed by atoms with van der Waals surface area (Å²) >= 11 is 0. The van der Waals surface area contributed by atoms with Gasteiger partial charge in [0.05, 0.1) is 11.6 Å². The van der Waals surface area contributed by atoms with Gasteiger partial charge in [-0.2, -0.15) is 0 Å². The van der Waals surface area contributed by atoms with Gasteiger partial charge in [0.2, 0.25) is 0 Å². The van der Waals surface area contributed by atoms with Crippen LogP contribution in [0.3, 0.4) is 0 Å². The summed E-state index contributed by atoms with van der Waals surface area (Å²) in [5.41, 5.74) is 4.50. The number of nitrogens with one attached hydrogen (secondary N) is 1. The molecule has 4 rings (SSSR count). The average Bonchev–Trinajstić information content (AvgIpc) is 3.22. The highest BCUT2D eigenvalue weighted by Gasteiger charge is 2.25. The van der Waals surface area contributed by atoms with Crippen LogP contribution in [0, 0.1) is 0 Å². The van der Waals surface area contributed by atoms with E-state index in [1.54, 1.807) is 0 Å². The summed E-state index contributed by atoms with van der Waals surface area (Å²) in [6.45, 7) is 1.81. The Hall–Kier alpha value is -2.59. The molecule has 0 saturated carbocycles. The van der Waals surface area contributed by atoms with Crippen LogP contribution in [0.15, 0.2) is 54.7 Å². The Morgan fingerprint density at radius 2 is 1.92 bits per heavy atom. The van der Waals surface area contributed by atoms with E-state index in [4.69, 9.17) is 0 Å². The highest BCUT2D eigenvalue weighted by atomic mass is 16.1. The third-order valence-corrected chi connectivity index (χ3v) is 5.26. The minimum atomic E-state index is 0.0199. The third kappa shape index (κ3) is 3.13. The number of benzene rings is 2. The standard InChI is InChI=1S/C22H25N3O/c1-24(2)13-14-25-15-19(18-9-5-6-10-21(18)25)22(26)23-20-12-11-16-7-3-4-8-17(16)20/h3-10,15,20H,11-14H2,1-2H3,(H,23,26)/t20-/m0/s1. The third-order valence-electron chi connectivity index (χ3n) is 5.26. The Labute approximate surface area is 154 Å². The number of nitrogens with zero attached hydrogens (tertiary/aromatic N) is 2. The molecule has 0 bridgehead atoms. The summed E-state index contributed by atoms with van der Waals surface area (Å²) in [6.07, 6.45) is 4.01. The molecule has 4 nitrogen and oxygen atoms in total. The van der Waals surface area contributed by atoms with Gasteiger partial charge in [0, 0.05) is 30.2 Å². The molecular formula is C22H25N3O. The Balaban J connectivity index is 1.61. The molecule has 1 heterocycles. The second-order valence-electron chi connectivity index (χ2n) is 7.32. The first-order valence-corrected chi connectivity index (χ1v) is 9.25. The van der Waals surface area contributed by atoms with Crippen LogP contribution in [0.4, 0.5) is 0 Å². The number of rotatable bonds is 5. The van der Waals surface area contributed by atoms with Gasteiger partial charge < -0.3 is 14.8 Å². The largest absolute Gasteiger partial charge is 0.345 e. The Kier molecular flexibility index (Phi) is 4.51. The van der Waals surface area contributed by atoms with Gasteiger partial charge in [0.15, 0.2) is 0 Å². The molecule has 0 saturated heterocycles. The molecular weight excluding hydrogens is 322 g/mol.